The average Bonchev–Trinajstić information content (AvgIpc) is 2.67. The maximum absolute atomic E-state index is 13.8. The molecule has 0 bridgehead atoms. The van der Waals surface area contributed by atoms with Crippen molar-refractivity contribution in [1.29, 1.82) is 0 Å². The quantitative estimate of drug-likeness (QED) is 0.925. The number of nitrogens with zero attached hydrogens (tertiary/aromatic N) is 2. The number of benzene rings is 1. The molecule has 7 heteroatoms. The summed E-state index contributed by atoms with van der Waals surface area (Å²) in [7, 11) is 0. The highest BCUT2D eigenvalue weighted by molar-refractivity contribution is 7.15. The summed E-state index contributed by atoms with van der Waals surface area (Å²) in [5.41, 5.74) is 6.24. The third kappa shape index (κ3) is 3.20. The van der Waals surface area contributed by atoms with Crippen molar-refractivity contribution in [3.63, 3.8) is 0 Å². The van der Waals surface area contributed by atoms with E-state index in [1.165, 1.54) is 17.4 Å². The molecule has 20 heavy (non-hydrogen) atoms. The normalized spacial score (nSPS) is 14.8. The lowest BCUT2D eigenvalue weighted by atomic mass is 10.2. The molecule has 0 fully saturated rings. The van der Waals surface area contributed by atoms with Crippen LogP contribution in [0.2, 0.25) is 0 Å². The molecule has 0 spiro atoms. The fourth-order valence-electron chi connectivity index (χ4n) is 2.17. The Balaban J connectivity index is 0.00000147. The van der Waals surface area contributed by atoms with Gasteiger partial charge in [0.2, 0.25) is 0 Å². The molecule has 0 saturated carbocycles. The molecule has 0 aliphatic carbocycles. The smallest absolute Gasteiger partial charge is 0.180 e. The Labute approximate surface area is 126 Å². The molecule has 1 aromatic carbocycles. The molecule has 0 atom stereocenters. The van der Waals surface area contributed by atoms with Crippen LogP contribution in [0.1, 0.15) is 10.4 Å². The molecular formula is C13H15ClFN3OS. The van der Waals surface area contributed by atoms with Crippen LogP contribution in [-0.4, -0.2) is 23.0 Å². The van der Waals surface area contributed by atoms with E-state index in [1.807, 2.05) is 6.07 Å². The first-order valence-corrected chi connectivity index (χ1v) is 6.87. The van der Waals surface area contributed by atoms with Crippen molar-refractivity contribution in [2.45, 2.75) is 13.1 Å². The number of thiazole rings is 1. The van der Waals surface area contributed by atoms with E-state index in [9.17, 15) is 4.39 Å². The number of hydrogen-bond acceptors (Lipinski definition) is 5. The number of hydrogen-bond donors (Lipinski definition) is 1. The van der Waals surface area contributed by atoms with Crippen LogP contribution in [0.4, 0.5) is 9.52 Å². The van der Waals surface area contributed by atoms with Gasteiger partial charge in [0.05, 0.1) is 0 Å². The summed E-state index contributed by atoms with van der Waals surface area (Å²) in [4.78, 5) is 7.25. The van der Waals surface area contributed by atoms with Gasteiger partial charge in [-0.2, -0.15) is 0 Å². The first-order chi connectivity index (χ1) is 9.22. The first-order valence-electron chi connectivity index (χ1n) is 6.05. The summed E-state index contributed by atoms with van der Waals surface area (Å²) in [6, 6.07) is 4.96. The van der Waals surface area contributed by atoms with E-state index in [2.05, 4.69) is 9.88 Å². The summed E-state index contributed by atoms with van der Waals surface area (Å²) in [6.07, 6.45) is 1.77. The molecule has 0 saturated heterocycles. The van der Waals surface area contributed by atoms with Gasteiger partial charge in [-0.25, -0.2) is 9.37 Å². The summed E-state index contributed by atoms with van der Waals surface area (Å²) in [6.45, 7) is 2.57. The van der Waals surface area contributed by atoms with Gasteiger partial charge in [-0.05, 0) is 12.1 Å². The highest BCUT2D eigenvalue weighted by Crippen LogP contribution is 2.27. The number of aromatic nitrogens is 1. The summed E-state index contributed by atoms with van der Waals surface area (Å²) in [5.74, 6) is 0.430. The zero-order valence-corrected chi connectivity index (χ0v) is 12.3. The summed E-state index contributed by atoms with van der Waals surface area (Å²) in [5, 5.41) is 0.563. The van der Waals surface area contributed by atoms with Crippen LogP contribution >= 0.6 is 23.7 Å². The van der Waals surface area contributed by atoms with Crippen LogP contribution in [0.15, 0.2) is 24.4 Å². The molecular weight excluding hydrogens is 301 g/mol. The molecule has 3 rings (SSSR count). The topological polar surface area (TPSA) is 51.4 Å². The maximum Gasteiger partial charge on any atom is 0.180 e. The van der Waals surface area contributed by atoms with Crippen molar-refractivity contribution in [3.05, 3.63) is 40.7 Å². The SMILES string of the molecule is Cl.Nc1ncc(CN2CCOc3cccc(F)c3C2)s1. The molecule has 0 unspecified atom stereocenters. The fourth-order valence-corrected chi connectivity index (χ4v) is 2.89. The van der Waals surface area contributed by atoms with Gasteiger partial charge in [0.25, 0.3) is 0 Å². The van der Waals surface area contributed by atoms with E-state index in [0.29, 0.717) is 36.1 Å². The predicted octanol–water partition coefficient (Wildman–Crippen LogP) is 2.68. The second kappa shape index (κ2) is 6.39. The van der Waals surface area contributed by atoms with Crippen LogP contribution in [0, 0.1) is 5.82 Å². The summed E-state index contributed by atoms with van der Waals surface area (Å²) < 4.78 is 19.4. The molecule has 1 aliphatic heterocycles. The van der Waals surface area contributed by atoms with Gasteiger partial charge in [0.15, 0.2) is 5.13 Å². The Morgan fingerprint density at radius 1 is 1.45 bits per heavy atom. The van der Waals surface area contributed by atoms with E-state index >= 15 is 0 Å². The van der Waals surface area contributed by atoms with Crippen molar-refractivity contribution >= 4 is 28.9 Å². The third-order valence-electron chi connectivity index (χ3n) is 3.07. The van der Waals surface area contributed by atoms with Crippen molar-refractivity contribution in [3.8, 4) is 5.75 Å². The van der Waals surface area contributed by atoms with E-state index in [-0.39, 0.29) is 18.2 Å². The Morgan fingerprint density at radius 3 is 3.05 bits per heavy atom. The number of nitrogens with two attached hydrogens (primary N) is 1. The van der Waals surface area contributed by atoms with E-state index in [1.54, 1.807) is 12.3 Å². The van der Waals surface area contributed by atoms with Crippen molar-refractivity contribution < 1.29 is 9.13 Å². The second-order valence-corrected chi connectivity index (χ2v) is 5.59. The van der Waals surface area contributed by atoms with Crippen LogP contribution in [0.5, 0.6) is 5.75 Å². The number of nitrogen functional groups attached to an aromatic ring is 1. The summed E-state index contributed by atoms with van der Waals surface area (Å²) >= 11 is 1.46. The standard InChI is InChI=1S/C13H14FN3OS.ClH/c14-11-2-1-3-12-10(11)8-17(4-5-18-12)7-9-6-16-13(15)19-9;/h1-3,6H,4-5,7-8H2,(H2,15,16);1H. The molecule has 2 N–H and O–H groups in total. The lowest BCUT2D eigenvalue weighted by Crippen LogP contribution is -2.25. The molecule has 0 radical (unpaired) electrons. The molecule has 108 valence electrons. The number of halogens is 2. The van der Waals surface area contributed by atoms with Crippen LogP contribution in [-0.2, 0) is 13.1 Å². The van der Waals surface area contributed by atoms with Gasteiger partial charge in [-0.3, -0.25) is 4.90 Å². The van der Waals surface area contributed by atoms with Gasteiger partial charge in [0.1, 0.15) is 18.2 Å². The van der Waals surface area contributed by atoms with Crippen molar-refractivity contribution in [1.82, 2.24) is 9.88 Å². The van der Waals surface area contributed by atoms with Gasteiger partial charge < -0.3 is 10.5 Å². The molecule has 2 aromatic rings. The van der Waals surface area contributed by atoms with Gasteiger partial charge in [-0.15, -0.1) is 23.7 Å². The monoisotopic (exact) mass is 315 g/mol. The average molecular weight is 316 g/mol. The lowest BCUT2D eigenvalue weighted by molar-refractivity contribution is 0.220. The fraction of sp³-hybridized carbons (Fsp3) is 0.308. The Hall–Kier alpha value is -1.37. The Bertz CT molecular complexity index is 593. The van der Waals surface area contributed by atoms with Crippen molar-refractivity contribution in [2.24, 2.45) is 0 Å². The van der Waals surface area contributed by atoms with Crippen LogP contribution in [0.25, 0.3) is 0 Å². The molecule has 2 heterocycles. The zero-order chi connectivity index (χ0) is 13.2. The second-order valence-electron chi connectivity index (χ2n) is 4.44. The minimum atomic E-state index is -0.215. The number of rotatable bonds is 2. The van der Waals surface area contributed by atoms with Crippen LogP contribution < -0.4 is 10.5 Å². The maximum atomic E-state index is 13.8. The van der Waals surface area contributed by atoms with E-state index in [0.717, 1.165) is 11.4 Å². The van der Waals surface area contributed by atoms with Gasteiger partial charge in [-0.1, -0.05) is 6.07 Å². The molecule has 1 aromatic heterocycles. The highest BCUT2D eigenvalue weighted by atomic mass is 35.5. The number of anilines is 1. The largest absolute Gasteiger partial charge is 0.492 e. The number of fused-ring (bicyclic) bond motifs is 1. The Morgan fingerprint density at radius 2 is 2.30 bits per heavy atom. The minimum Gasteiger partial charge on any atom is -0.492 e. The molecule has 1 aliphatic rings. The number of ether oxygens (including phenoxy) is 1. The lowest BCUT2D eigenvalue weighted by Gasteiger charge is -2.18. The third-order valence-corrected chi connectivity index (χ3v) is 3.88. The van der Waals surface area contributed by atoms with Gasteiger partial charge >= 0.3 is 0 Å². The zero-order valence-electron chi connectivity index (χ0n) is 10.7. The predicted molar refractivity (Wildman–Crippen MR) is 79.8 cm³/mol. The molecule has 4 nitrogen and oxygen atoms in total. The Kier molecular flexibility index (Phi) is 4.80. The minimum absolute atomic E-state index is 0. The van der Waals surface area contributed by atoms with Crippen LogP contribution in [0.3, 0.4) is 0 Å². The van der Waals surface area contributed by atoms with E-state index in [4.69, 9.17) is 10.5 Å². The highest BCUT2D eigenvalue weighted by Gasteiger charge is 2.19. The van der Waals surface area contributed by atoms with Gasteiger partial charge in [0, 0.05) is 36.3 Å². The van der Waals surface area contributed by atoms with Crippen molar-refractivity contribution in [2.75, 3.05) is 18.9 Å². The first kappa shape index (κ1) is 15.0. The molecule has 0 amide bonds. The van der Waals surface area contributed by atoms with E-state index < -0.39 is 0 Å².